The Morgan fingerprint density at radius 2 is 2.13 bits per heavy atom. The third kappa shape index (κ3) is 4.02. The second-order valence-corrected chi connectivity index (χ2v) is 6.47. The maximum Gasteiger partial charge on any atom is 0.242 e. The third-order valence-electron chi connectivity index (χ3n) is 4.32. The SMILES string of the molecule is O=C(NC1CCCCNC1=O)C1CC(c2cccc(Cl)c2)NN1. The predicted octanol–water partition coefficient (Wildman–Crippen LogP) is 1.03. The van der Waals surface area contributed by atoms with E-state index >= 15 is 0 Å². The minimum atomic E-state index is -0.433. The van der Waals surface area contributed by atoms with Crippen molar-refractivity contribution in [2.75, 3.05) is 6.54 Å². The van der Waals surface area contributed by atoms with E-state index in [-0.39, 0.29) is 23.9 Å². The monoisotopic (exact) mass is 336 g/mol. The van der Waals surface area contributed by atoms with E-state index in [0.717, 1.165) is 18.4 Å². The normalized spacial score (nSPS) is 28.0. The zero-order valence-corrected chi connectivity index (χ0v) is 13.5. The number of carbonyl (C=O) groups excluding carboxylic acids is 2. The van der Waals surface area contributed by atoms with E-state index in [2.05, 4.69) is 21.5 Å². The molecule has 0 bridgehead atoms. The van der Waals surface area contributed by atoms with Gasteiger partial charge in [0.2, 0.25) is 11.8 Å². The number of hydrazine groups is 1. The minimum Gasteiger partial charge on any atom is -0.354 e. The Kier molecular flexibility index (Phi) is 5.15. The summed E-state index contributed by atoms with van der Waals surface area (Å²) in [6, 6.07) is 6.80. The smallest absolute Gasteiger partial charge is 0.242 e. The van der Waals surface area contributed by atoms with Crippen LogP contribution in [0.2, 0.25) is 5.02 Å². The Balaban J connectivity index is 1.58. The molecule has 2 fully saturated rings. The van der Waals surface area contributed by atoms with E-state index in [0.29, 0.717) is 24.4 Å². The molecular weight excluding hydrogens is 316 g/mol. The predicted molar refractivity (Wildman–Crippen MR) is 87.7 cm³/mol. The highest BCUT2D eigenvalue weighted by Gasteiger charge is 2.32. The molecule has 3 unspecified atom stereocenters. The molecule has 23 heavy (non-hydrogen) atoms. The molecule has 0 spiro atoms. The van der Waals surface area contributed by atoms with Crippen molar-refractivity contribution in [2.45, 2.75) is 43.8 Å². The maximum absolute atomic E-state index is 12.4. The summed E-state index contributed by atoms with van der Waals surface area (Å²) in [5, 5.41) is 6.35. The van der Waals surface area contributed by atoms with Gasteiger partial charge in [-0.1, -0.05) is 23.7 Å². The lowest BCUT2D eigenvalue weighted by Gasteiger charge is -2.17. The molecule has 0 saturated carbocycles. The Morgan fingerprint density at radius 3 is 2.96 bits per heavy atom. The summed E-state index contributed by atoms with van der Waals surface area (Å²) in [4.78, 5) is 24.3. The molecular formula is C16H21ClN4O2. The zero-order chi connectivity index (χ0) is 16.2. The first-order valence-electron chi connectivity index (χ1n) is 7.98. The number of nitrogens with one attached hydrogen (secondary N) is 4. The first kappa shape index (κ1) is 16.2. The van der Waals surface area contributed by atoms with Crippen LogP contribution >= 0.6 is 11.6 Å². The van der Waals surface area contributed by atoms with E-state index in [9.17, 15) is 9.59 Å². The topological polar surface area (TPSA) is 82.3 Å². The molecule has 2 aliphatic rings. The summed E-state index contributed by atoms with van der Waals surface area (Å²) >= 11 is 6.01. The van der Waals surface area contributed by atoms with Crippen LogP contribution in [0.15, 0.2) is 24.3 Å². The lowest BCUT2D eigenvalue weighted by molar-refractivity contribution is -0.129. The second kappa shape index (κ2) is 7.29. The molecule has 4 N–H and O–H groups in total. The molecule has 0 radical (unpaired) electrons. The Labute approximate surface area is 140 Å². The van der Waals surface area contributed by atoms with Crippen molar-refractivity contribution < 1.29 is 9.59 Å². The first-order chi connectivity index (χ1) is 11.1. The lowest BCUT2D eigenvalue weighted by Crippen LogP contribution is -2.51. The van der Waals surface area contributed by atoms with E-state index in [1.807, 2.05) is 24.3 Å². The number of halogens is 1. The summed E-state index contributed by atoms with van der Waals surface area (Å²) in [5.41, 5.74) is 7.16. The average molecular weight is 337 g/mol. The molecule has 0 aromatic heterocycles. The highest BCUT2D eigenvalue weighted by molar-refractivity contribution is 6.30. The van der Waals surface area contributed by atoms with Crippen molar-refractivity contribution in [1.82, 2.24) is 21.5 Å². The fourth-order valence-corrected chi connectivity index (χ4v) is 3.22. The number of hydrogen-bond acceptors (Lipinski definition) is 4. The molecule has 6 nitrogen and oxygen atoms in total. The molecule has 124 valence electrons. The number of carbonyl (C=O) groups is 2. The van der Waals surface area contributed by atoms with Gasteiger partial charge in [0, 0.05) is 17.6 Å². The molecule has 3 rings (SSSR count). The third-order valence-corrected chi connectivity index (χ3v) is 4.56. The molecule has 3 atom stereocenters. The quantitative estimate of drug-likeness (QED) is 0.664. The van der Waals surface area contributed by atoms with Crippen molar-refractivity contribution in [3.8, 4) is 0 Å². The van der Waals surface area contributed by atoms with Crippen LogP contribution in [0.1, 0.15) is 37.3 Å². The average Bonchev–Trinajstić information content (AvgIpc) is 2.95. The molecule has 1 aromatic rings. The van der Waals surface area contributed by atoms with Crippen molar-refractivity contribution >= 4 is 23.4 Å². The summed E-state index contributed by atoms with van der Waals surface area (Å²) in [6.07, 6.45) is 3.19. The van der Waals surface area contributed by atoms with Gasteiger partial charge in [0.1, 0.15) is 12.1 Å². The van der Waals surface area contributed by atoms with Gasteiger partial charge >= 0.3 is 0 Å². The van der Waals surface area contributed by atoms with Crippen LogP contribution in [0.4, 0.5) is 0 Å². The zero-order valence-electron chi connectivity index (χ0n) is 12.8. The Morgan fingerprint density at radius 1 is 1.26 bits per heavy atom. The van der Waals surface area contributed by atoms with E-state index in [1.165, 1.54) is 0 Å². The highest BCUT2D eigenvalue weighted by Crippen LogP contribution is 2.24. The minimum absolute atomic E-state index is 0.0208. The summed E-state index contributed by atoms with van der Waals surface area (Å²) in [6.45, 7) is 0.686. The fourth-order valence-electron chi connectivity index (χ4n) is 3.02. The van der Waals surface area contributed by atoms with Gasteiger partial charge in [-0.15, -0.1) is 0 Å². The van der Waals surface area contributed by atoms with Gasteiger partial charge in [-0.05, 0) is 43.4 Å². The van der Waals surface area contributed by atoms with Crippen LogP contribution in [0.3, 0.4) is 0 Å². The standard InChI is InChI=1S/C16H21ClN4O2/c17-11-5-3-4-10(8-11)13-9-14(21-20-13)16(23)19-12-6-1-2-7-18-15(12)22/h3-5,8,12-14,20-21H,1-2,6-7,9H2,(H,18,22)(H,19,23). The number of benzene rings is 1. The molecule has 7 heteroatoms. The van der Waals surface area contributed by atoms with Crippen molar-refractivity contribution in [3.05, 3.63) is 34.9 Å². The molecule has 2 saturated heterocycles. The second-order valence-electron chi connectivity index (χ2n) is 6.03. The van der Waals surface area contributed by atoms with Gasteiger partial charge in [0.15, 0.2) is 0 Å². The van der Waals surface area contributed by atoms with Gasteiger partial charge in [0.05, 0.1) is 0 Å². The van der Waals surface area contributed by atoms with Crippen LogP contribution in [0, 0.1) is 0 Å². The van der Waals surface area contributed by atoms with Gasteiger partial charge < -0.3 is 10.6 Å². The maximum atomic E-state index is 12.4. The highest BCUT2D eigenvalue weighted by atomic mass is 35.5. The van der Waals surface area contributed by atoms with Crippen LogP contribution in [-0.2, 0) is 9.59 Å². The number of rotatable bonds is 3. The van der Waals surface area contributed by atoms with E-state index in [1.54, 1.807) is 0 Å². The van der Waals surface area contributed by atoms with Crippen LogP contribution in [0.25, 0.3) is 0 Å². The summed E-state index contributed by atoms with van der Waals surface area (Å²) in [7, 11) is 0. The van der Waals surface area contributed by atoms with Crippen LogP contribution < -0.4 is 21.5 Å². The summed E-state index contributed by atoms with van der Waals surface area (Å²) in [5.74, 6) is -0.239. The molecule has 0 aliphatic carbocycles. The number of amides is 2. The first-order valence-corrected chi connectivity index (χ1v) is 8.36. The fraction of sp³-hybridized carbons (Fsp3) is 0.500. The molecule has 1 aromatic carbocycles. The van der Waals surface area contributed by atoms with E-state index in [4.69, 9.17) is 11.6 Å². The van der Waals surface area contributed by atoms with Crippen LogP contribution in [0.5, 0.6) is 0 Å². The van der Waals surface area contributed by atoms with Gasteiger partial charge in [-0.3, -0.25) is 9.59 Å². The molecule has 2 amide bonds. The molecule has 2 heterocycles. The lowest BCUT2D eigenvalue weighted by atomic mass is 10.0. The Hall–Kier alpha value is -1.63. The summed E-state index contributed by atoms with van der Waals surface area (Å²) < 4.78 is 0. The van der Waals surface area contributed by atoms with Gasteiger partial charge in [-0.25, -0.2) is 10.9 Å². The van der Waals surface area contributed by atoms with Crippen molar-refractivity contribution in [3.63, 3.8) is 0 Å². The largest absolute Gasteiger partial charge is 0.354 e. The van der Waals surface area contributed by atoms with Crippen molar-refractivity contribution in [1.29, 1.82) is 0 Å². The van der Waals surface area contributed by atoms with E-state index < -0.39 is 6.04 Å². The van der Waals surface area contributed by atoms with Gasteiger partial charge in [0.25, 0.3) is 0 Å². The Bertz CT molecular complexity index is 595. The van der Waals surface area contributed by atoms with Crippen LogP contribution in [-0.4, -0.2) is 30.4 Å². The molecule has 2 aliphatic heterocycles. The van der Waals surface area contributed by atoms with Gasteiger partial charge in [-0.2, -0.15) is 0 Å². The van der Waals surface area contributed by atoms with Crippen molar-refractivity contribution in [2.24, 2.45) is 0 Å². The number of hydrogen-bond donors (Lipinski definition) is 4.